The first-order valence-corrected chi connectivity index (χ1v) is 6.11. The van der Waals surface area contributed by atoms with Gasteiger partial charge in [0, 0.05) is 11.3 Å². The van der Waals surface area contributed by atoms with E-state index < -0.39 is 0 Å². The fraction of sp³-hybridized carbons (Fsp3) is 0.143. The Morgan fingerprint density at radius 2 is 2.00 bits per heavy atom. The minimum absolute atomic E-state index is 1.09. The first-order valence-electron chi connectivity index (χ1n) is 5.23. The van der Waals surface area contributed by atoms with Crippen LogP contribution in [0.5, 0.6) is 0 Å². The molecule has 1 aliphatic carbocycles. The van der Waals surface area contributed by atoms with E-state index in [0.717, 1.165) is 12.8 Å². The third kappa shape index (κ3) is 1.64. The highest BCUT2D eigenvalue weighted by molar-refractivity contribution is 7.10. The average molecular weight is 212 g/mol. The van der Waals surface area contributed by atoms with Crippen molar-refractivity contribution in [3.63, 3.8) is 0 Å². The average Bonchev–Trinajstić information content (AvgIpc) is 2.89. The van der Waals surface area contributed by atoms with Gasteiger partial charge in [-0.05, 0) is 34.6 Å². The zero-order valence-corrected chi connectivity index (χ0v) is 9.26. The van der Waals surface area contributed by atoms with Crippen LogP contribution in [0.15, 0.2) is 47.9 Å². The number of fused-ring (bicyclic) bond motifs is 1. The predicted octanol–water partition coefficient (Wildman–Crippen LogP) is 3.93. The second-order valence-corrected chi connectivity index (χ2v) is 4.88. The van der Waals surface area contributed by atoms with Gasteiger partial charge < -0.3 is 0 Å². The molecule has 2 aromatic rings. The summed E-state index contributed by atoms with van der Waals surface area (Å²) in [5.74, 6) is 0. The van der Waals surface area contributed by atoms with Crippen molar-refractivity contribution in [2.75, 3.05) is 0 Å². The Bertz CT molecular complexity index is 492. The second-order valence-electron chi connectivity index (χ2n) is 3.85. The van der Waals surface area contributed by atoms with E-state index in [1.165, 1.54) is 21.6 Å². The molecule has 0 atom stereocenters. The molecule has 0 unspecified atom stereocenters. The van der Waals surface area contributed by atoms with Crippen molar-refractivity contribution >= 4 is 16.9 Å². The molecule has 1 aromatic carbocycles. The Morgan fingerprint density at radius 3 is 2.87 bits per heavy atom. The van der Waals surface area contributed by atoms with Crippen LogP contribution in [0.3, 0.4) is 0 Å². The van der Waals surface area contributed by atoms with E-state index in [1.807, 2.05) is 11.3 Å². The van der Waals surface area contributed by atoms with Gasteiger partial charge in [-0.3, -0.25) is 0 Å². The molecule has 3 rings (SSSR count). The first kappa shape index (κ1) is 8.93. The fourth-order valence-corrected chi connectivity index (χ4v) is 2.85. The third-order valence-electron chi connectivity index (χ3n) is 2.88. The van der Waals surface area contributed by atoms with Crippen LogP contribution in [0.4, 0.5) is 0 Å². The number of allylic oxidation sites excluding steroid dienone is 2. The van der Waals surface area contributed by atoms with Crippen molar-refractivity contribution in [3.05, 3.63) is 63.9 Å². The van der Waals surface area contributed by atoms with E-state index in [-0.39, 0.29) is 0 Å². The number of rotatable bonds is 2. The van der Waals surface area contributed by atoms with Crippen molar-refractivity contribution in [2.24, 2.45) is 0 Å². The minimum Gasteiger partial charge on any atom is -0.149 e. The van der Waals surface area contributed by atoms with Crippen LogP contribution in [0, 0.1) is 0 Å². The summed E-state index contributed by atoms with van der Waals surface area (Å²) in [5.41, 5.74) is 4.42. The van der Waals surface area contributed by atoms with Gasteiger partial charge in [-0.1, -0.05) is 36.4 Å². The zero-order chi connectivity index (χ0) is 10.1. The summed E-state index contributed by atoms with van der Waals surface area (Å²) in [7, 11) is 0. The Hall–Kier alpha value is -1.34. The van der Waals surface area contributed by atoms with Gasteiger partial charge in [0.25, 0.3) is 0 Å². The minimum atomic E-state index is 1.09. The van der Waals surface area contributed by atoms with Crippen LogP contribution in [0.1, 0.15) is 16.0 Å². The second kappa shape index (κ2) is 3.67. The van der Waals surface area contributed by atoms with Crippen LogP contribution in [0.2, 0.25) is 0 Å². The predicted molar refractivity (Wildman–Crippen MR) is 66.1 cm³/mol. The maximum Gasteiger partial charge on any atom is 0.00891 e. The quantitative estimate of drug-likeness (QED) is 0.707. The van der Waals surface area contributed by atoms with Gasteiger partial charge in [0.15, 0.2) is 0 Å². The Kier molecular flexibility index (Phi) is 2.18. The molecule has 1 heteroatoms. The summed E-state index contributed by atoms with van der Waals surface area (Å²) in [5, 5.41) is 2.15. The SMILES string of the molecule is C1=C(Cc2cccs2)c2ccccc2C1. The maximum absolute atomic E-state index is 2.37. The summed E-state index contributed by atoms with van der Waals surface area (Å²) in [4.78, 5) is 1.46. The fourth-order valence-electron chi connectivity index (χ4n) is 2.12. The highest BCUT2D eigenvalue weighted by Crippen LogP contribution is 2.30. The van der Waals surface area contributed by atoms with Gasteiger partial charge in [-0.15, -0.1) is 11.3 Å². The Labute approximate surface area is 93.9 Å². The van der Waals surface area contributed by atoms with Crippen LogP contribution in [-0.4, -0.2) is 0 Å². The Balaban J connectivity index is 1.91. The molecule has 0 aliphatic heterocycles. The normalized spacial score (nSPS) is 13.7. The van der Waals surface area contributed by atoms with E-state index >= 15 is 0 Å². The molecule has 0 bridgehead atoms. The molecule has 0 N–H and O–H groups in total. The summed E-state index contributed by atoms with van der Waals surface area (Å²) in [6.45, 7) is 0. The molecule has 1 aliphatic rings. The van der Waals surface area contributed by atoms with Gasteiger partial charge in [-0.2, -0.15) is 0 Å². The molecule has 0 fully saturated rings. The van der Waals surface area contributed by atoms with E-state index in [9.17, 15) is 0 Å². The van der Waals surface area contributed by atoms with Crippen LogP contribution < -0.4 is 0 Å². The van der Waals surface area contributed by atoms with Crippen LogP contribution in [0.25, 0.3) is 5.57 Å². The molecule has 1 heterocycles. The number of hydrogen-bond donors (Lipinski definition) is 0. The van der Waals surface area contributed by atoms with E-state index in [0.29, 0.717) is 0 Å². The van der Waals surface area contributed by atoms with Crippen molar-refractivity contribution in [3.8, 4) is 0 Å². The van der Waals surface area contributed by atoms with Crippen molar-refractivity contribution in [1.82, 2.24) is 0 Å². The summed E-state index contributed by atoms with van der Waals surface area (Å²) >= 11 is 1.84. The van der Waals surface area contributed by atoms with E-state index in [1.54, 1.807) is 0 Å². The maximum atomic E-state index is 2.37. The third-order valence-corrected chi connectivity index (χ3v) is 3.75. The summed E-state index contributed by atoms with van der Waals surface area (Å²) in [6.07, 6.45) is 4.57. The number of benzene rings is 1. The molecule has 74 valence electrons. The van der Waals surface area contributed by atoms with E-state index in [2.05, 4.69) is 47.9 Å². The van der Waals surface area contributed by atoms with Gasteiger partial charge in [-0.25, -0.2) is 0 Å². The lowest BCUT2D eigenvalue weighted by atomic mass is 10.0. The smallest absolute Gasteiger partial charge is 0.00891 e. The largest absolute Gasteiger partial charge is 0.149 e. The van der Waals surface area contributed by atoms with Gasteiger partial charge >= 0.3 is 0 Å². The zero-order valence-electron chi connectivity index (χ0n) is 8.44. The lowest BCUT2D eigenvalue weighted by Gasteiger charge is -2.03. The first-order chi connectivity index (χ1) is 7.43. The summed E-state index contributed by atoms with van der Waals surface area (Å²) < 4.78 is 0. The van der Waals surface area contributed by atoms with Crippen molar-refractivity contribution < 1.29 is 0 Å². The molecule has 0 amide bonds. The van der Waals surface area contributed by atoms with Crippen molar-refractivity contribution in [1.29, 1.82) is 0 Å². The molecule has 15 heavy (non-hydrogen) atoms. The Morgan fingerprint density at radius 1 is 1.07 bits per heavy atom. The highest BCUT2D eigenvalue weighted by atomic mass is 32.1. The van der Waals surface area contributed by atoms with Gasteiger partial charge in [0.2, 0.25) is 0 Å². The molecule has 0 spiro atoms. The monoisotopic (exact) mass is 212 g/mol. The van der Waals surface area contributed by atoms with E-state index in [4.69, 9.17) is 0 Å². The number of hydrogen-bond acceptors (Lipinski definition) is 1. The molecule has 0 radical (unpaired) electrons. The van der Waals surface area contributed by atoms with Crippen LogP contribution >= 0.6 is 11.3 Å². The van der Waals surface area contributed by atoms with Gasteiger partial charge in [0.1, 0.15) is 0 Å². The number of thiophene rings is 1. The molecule has 1 aromatic heterocycles. The van der Waals surface area contributed by atoms with Crippen LogP contribution in [-0.2, 0) is 12.8 Å². The van der Waals surface area contributed by atoms with Gasteiger partial charge in [0.05, 0.1) is 0 Å². The molecular formula is C14H12S. The standard InChI is InChI=1S/C14H12S/c1-2-6-14-11(4-1)7-8-12(14)10-13-5-3-9-15-13/h1-6,8-9H,7,10H2. The molecule has 0 saturated heterocycles. The van der Waals surface area contributed by atoms with Crippen molar-refractivity contribution in [2.45, 2.75) is 12.8 Å². The lowest BCUT2D eigenvalue weighted by Crippen LogP contribution is -1.86. The molecule has 0 nitrogen and oxygen atoms in total. The molecular weight excluding hydrogens is 200 g/mol. The summed E-state index contributed by atoms with van der Waals surface area (Å²) in [6, 6.07) is 13.1. The molecule has 0 saturated carbocycles. The topological polar surface area (TPSA) is 0 Å². The lowest BCUT2D eigenvalue weighted by molar-refractivity contribution is 1.31. The highest BCUT2D eigenvalue weighted by Gasteiger charge is 2.13.